The lowest BCUT2D eigenvalue weighted by Crippen LogP contribution is -2.37. The largest absolute Gasteiger partial charge is 0.401 e. The molecular weight excluding hydrogens is 391 g/mol. The normalized spacial score (nSPS) is 15.2. The molecule has 0 aromatic carbocycles. The summed E-state index contributed by atoms with van der Waals surface area (Å²) < 4.78 is 38.2. The highest BCUT2D eigenvalue weighted by molar-refractivity contribution is 7.19. The molecule has 0 amide bonds. The van der Waals surface area contributed by atoms with Crippen LogP contribution in [0.5, 0.6) is 0 Å². The van der Waals surface area contributed by atoms with Gasteiger partial charge in [0.15, 0.2) is 5.65 Å². The Labute approximate surface area is 160 Å². The van der Waals surface area contributed by atoms with Crippen LogP contribution in [0.2, 0.25) is 0 Å². The second-order valence-corrected chi connectivity index (χ2v) is 7.72. The first kappa shape index (κ1) is 17.3. The van der Waals surface area contributed by atoms with E-state index in [-0.39, 0.29) is 6.54 Å². The standard InChI is InChI=1S/C17H14F3N7S/c18-17(19,20)7-27-2-1-11-12(6-27)28-16-13(11)15(22-8-23-16)25-10-3-9-4-24-26-14(9)21-5-10/h3-5,8H,1-2,6-7H2,(H,21,24,26)(H,22,23,25). The van der Waals surface area contributed by atoms with Crippen molar-refractivity contribution in [3.05, 3.63) is 35.2 Å². The minimum atomic E-state index is -4.20. The quantitative estimate of drug-likeness (QED) is 0.542. The van der Waals surface area contributed by atoms with Crippen molar-refractivity contribution in [3.63, 3.8) is 0 Å². The molecule has 0 saturated carbocycles. The third kappa shape index (κ3) is 3.16. The summed E-state index contributed by atoms with van der Waals surface area (Å²) in [6.45, 7) is -0.263. The number of nitrogens with zero attached hydrogens (tertiary/aromatic N) is 5. The molecule has 0 radical (unpaired) electrons. The van der Waals surface area contributed by atoms with Gasteiger partial charge in [-0.25, -0.2) is 15.0 Å². The van der Waals surface area contributed by atoms with Gasteiger partial charge >= 0.3 is 6.18 Å². The minimum Gasteiger partial charge on any atom is -0.338 e. The molecule has 0 spiro atoms. The molecular formula is C17H14F3N7S. The number of pyridine rings is 1. The smallest absolute Gasteiger partial charge is 0.338 e. The molecule has 0 saturated heterocycles. The maximum Gasteiger partial charge on any atom is 0.401 e. The summed E-state index contributed by atoms with van der Waals surface area (Å²) in [6, 6.07) is 1.91. The molecule has 4 aromatic heterocycles. The molecule has 11 heteroatoms. The first-order valence-corrected chi connectivity index (χ1v) is 9.38. The maximum absolute atomic E-state index is 12.7. The van der Waals surface area contributed by atoms with Crippen LogP contribution in [0, 0.1) is 0 Å². The van der Waals surface area contributed by atoms with Crippen LogP contribution < -0.4 is 5.32 Å². The predicted molar refractivity (Wildman–Crippen MR) is 99.6 cm³/mol. The van der Waals surface area contributed by atoms with E-state index >= 15 is 0 Å². The lowest BCUT2D eigenvalue weighted by molar-refractivity contribution is -0.147. The SMILES string of the molecule is FC(F)(F)CN1CCc2c(sc3ncnc(Nc4cnc5[nH]ncc5c4)c23)C1. The van der Waals surface area contributed by atoms with Crippen LogP contribution in [0.25, 0.3) is 21.3 Å². The van der Waals surface area contributed by atoms with Crippen LogP contribution in [0.3, 0.4) is 0 Å². The average molecular weight is 405 g/mol. The first-order chi connectivity index (χ1) is 13.5. The topological polar surface area (TPSA) is 82.6 Å². The summed E-state index contributed by atoms with van der Waals surface area (Å²) in [6.07, 6.45) is 1.17. The molecule has 4 aromatic rings. The molecule has 5 heterocycles. The van der Waals surface area contributed by atoms with E-state index in [9.17, 15) is 13.2 Å². The van der Waals surface area contributed by atoms with E-state index in [2.05, 4.69) is 30.5 Å². The molecule has 1 aliphatic rings. The van der Waals surface area contributed by atoms with Crippen molar-refractivity contribution >= 4 is 44.1 Å². The summed E-state index contributed by atoms with van der Waals surface area (Å²) in [5.41, 5.74) is 2.47. The van der Waals surface area contributed by atoms with Gasteiger partial charge in [0.05, 0.1) is 30.0 Å². The van der Waals surface area contributed by atoms with E-state index < -0.39 is 12.7 Å². The number of anilines is 2. The summed E-state index contributed by atoms with van der Waals surface area (Å²) in [5, 5.41) is 11.8. The zero-order valence-electron chi connectivity index (χ0n) is 14.4. The van der Waals surface area contributed by atoms with Gasteiger partial charge < -0.3 is 5.32 Å². The Hall–Kier alpha value is -2.79. The van der Waals surface area contributed by atoms with Crippen LogP contribution in [-0.2, 0) is 13.0 Å². The zero-order chi connectivity index (χ0) is 19.3. The van der Waals surface area contributed by atoms with Gasteiger partial charge in [0.2, 0.25) is 0 Å². The van der Waals surface area contributed by atoms with Crippen molar-refractivity contribution in [2.45, 2.75) is 19.1 Å². The molecule has 7 nitrogen and oxygen atoms in total. The molecule has 144 valence electrons. The number of aromatic nitrogens is 5. The molecule has 0 fully saturated rings. The third-order valence-electron chi connectivity index (χ3n) is 4.67. The Balaban J connectivity index is 1.49. The third-order valence-corrected chi connectivity index (χ3v) is 5.80. The molecule has 0 bridgehead atoms. The van der Waals surface area contributed by atoms with Gasteiger partial charge in [0.1, 0.15) is 17.0 Å². The van der Waals surface area contributed by atoms with E-state index in [1.165, 1.54) is 22.6 Å². The van der Waals surface area contributed by atoms with Gasteiger partial charge in [0, 0.05) is 23.4 Å². The van der Waals surface area contributed by atoms with Gasteiger partial charge in [0.25, 0.3) is 0 Å². The van der Waals surface area contributed by atoms with E-state index in [1.807, 2.05) is 6.07 Å². The molecule has 2 N–H and O–H groups in total. The Morgan fingerprint density at radius 1 is 1.21 bits per heavy atom. The number of aromatic amines is 1. The minimum absolute atomic E-state index is 0.276. The fraction of sp³-hybridized carbons (Fsp3) is 0.294. The van der Waals surface area contributed by atoms with Crippen molar-refractivity contribution < 1.29 is 13.2 Å². The predicted octanol–water partition coefficient (Wildman–Crippen LogP) is 3.63. The average Bonchev–Trinajstić information content (AvgIpc) is 3.23. The first-order valence-electron chi connectivity index (χ1n) is 8.57. The van der Waals surface area contributed by atoms with Crippen molar-refractivity contribution in [2.75, 3.05) is 18.4 Å². The molecule has 0 aliphatic carbocycles. The van der Waals surface area contributed by atoms with Crippen LogP contribution in [-0.4, -0.2) is 49.3 Å². The van der Waals surface area contributed by atoms with Crippen LogP contribution in [0.15, 0.2) is 24.8 Å². The van der Waals surface area contributed by atoms with E-state index in [4.69, 9.17) is 0 Å². The van der Waals surface area contributed by atoms with E-state index in [1.54, 1.807) is 12.4 Å². The van der Waals surface area contributed by atoms with Crippen molar-refractivity contribution in [2.24, 2.45) is 0 Å². The summed E-state index contributed by atoms with van der Waals surface area (Å²) in [5.74, 6) is 0.636. The molecule has 5 rings (SSSR count). The Morgan fingerprint density at radius 2 is 2.11 bits per heavy atom. The number of thiophene rings is 1. The monoisotopic (exact) mass is 405 g/mol. The van der Waals surface area contributed by atoms with Crippen molar-refractivity contribution in [1.82, 2.24) is 30.0 Å². The van der Waals surface area contributed by atoms with E-state index in [0.717, 1.165) is 31.7 Å². The molecule has 28 heavy (non-hydrogen) atoms. The number of alkyl halides is 3. The van der Waals surface area contributed by atoms with Crippen molar-refractivity contribution in [1.29, 1.82) is 0 Å². The van der Waals surface area contributed by atoms with Crippen LogP contribution >= 0.6 is 11.3 Å². The number of hydrogen-bond donors (Lipinski definition) is 2. The second kappa shape index (κ2) is 6.38. The Kier molecular flexibility index (Phi) is 3.95. The number of nitrogens with one attached hydrogen (secondary N) is 2. The number of rotatable bonds is 3. The highest BCUT2D eigenvalue weighted by Gasteiger charge is 2.33. The Morgan fingerprint density at radius 3 is 2.96 bits per heavy atom. The summed E-state index contributed by atoms with van der Waals surface area (Å²) in [7, 11) is 0. The van der Waals surface area contributed by atoms with Gasteiger partial charge in [-0.15, -0.1) is 11.3 Å². The number of halogens is 3. The highest BCUT2D eigenvalue weighted by atomic mass is 32.1. The van der Waals surface area contributed by atoms with Gasteiger partial charge in [-0.2, -0.15) is 18.3 Å². The number of H-pyrrole nitrogens is 1. The van der Waals surface area contributed by atoms with Crippen molar-refractivity contribution in [3.8, 4) is 0 Å². The summed E-state index contributed by atoms with van der Waals surface area (Å²) >= 11 is 1.43. The lowest BCUT2D eigenvalue weighted by Gasteiger charge is -2.27. The molecule has 1 aliphatic heterocycles. The van der Waals surface area contributed by atoms with E-state index in [0.29, 0.717) is 24.4 Å². The lowest BCUT2D eigenvalue weighted by atomic mass is 10.0. The molecule has 0 unspecified atom stereocenters. The van der Waals surface area contributed by atoms with Crippen LogP contribution in [0.1, 0.15) is 10.4 Å². The highest BCUT2D eigenvalue weighted by Crippen LogP contribution is 2.38. The van der Waals surface area contributed by atoms with Gasteiger partial charge in [-0.1, -0.05) is 0 Å². The number of hydrogen-bond acceptors (Lipinski definition) is 7. The number of fused-ring (bicyclic) bond motifs is 4. The fourth-order valence-electron chi connectivity index (χ4n) is 3.51. The Bertz CT molecular complexity index is 1170. The van der Waals surface area contributed by atoms with Gasteiger partial charge in [-0.3, -0.25) is 10.00 Å². The van der Waals surface area contributed by atoms with Gasteiger partial charge in [-0.05, 0) is 18.1 Å². The zero-order valence-corrected chi connectivity index (χ0v) is 15.2. The summed E-state index contributed by atoms with van der Waals surface area (Å²) in [4.78, 5) is 16.1. The fourth-order valence-corrected chi connectivity index (χ4v) is 4.74. The molecule has 0 atom stereocenters. The second-order valence-electron chi connectivity index (χ2n) is 6.64. The maximum atomic E-state index is 12.7. The van der Waals surface area contributed by atoms with Crippen LogP contribution in [0.4, 0.5) is 24.7 Å².